The molecule has 0 aromatic rings. The number of methoxy groups -OCH3 is 1. The van der Waals surface area contributed by atoms with Crippen molar-refractivity contribution in [2.75, 3.05) is 13.7 Å². The average molecular weight is 148 g/mol. The minimum atomic E-state index is -1.66. The summed E-state index contributed by atoms with van der Waals surface area (Å²) in [6.07, 6.45) is -1.66. The van der Waals surface area contributed by atoms with Gasteiger partial charge in [-0.15, -0.1) is 0 Å². The van der Waals surface area contributed by atoms with Crippen LogP contribution in [0.5, 0.6) is 0 Å². The molecule has 10 heavy (non-hydrogen) atoms. The average Bonchev–Trinajstić information content (AvgIpc) is 2.00. The molecule has 0 heterocycles. The molecular weight excluding hydrogens is 140 g/mol. The number of esters is 1. The molecule has 0 aromatic heterocycles. The molecule has 0 aromatic carbocycles. The Kier molecular flexibility index (Phi) is 3.60. The van der Waals surface area contributed by atoms with Gasteiger partial charge < -0.3 is 14.9 Å². The largest absolute Gasteiger partial charge is 0.463 e. The van der Waals surface area contributed by atoms with Crippen LogP contribution in [0.1, 0.15) is 0 Å². The zero-order valence-corrected chi connectivity index (χ0v) is 5.40. The van der Waals surface area contributed by atoms with Crippen LogP contribution in [0, 0.1) is 0 Å². The minimum absolute atomic E-state index is 0.770. The van der Waals surface area contributed by atoms with Crippen LogP contribution in [0.4, 0.5) is 0 Å². The molecule has 0 aliphatic rings. The minimum Gasteiger partial charge on any atom is -0.463 e. The highest BCUT2D eigenvalue weighted by Gasteiger charge is 2.22. The van der Waals surface area contributed by atoms with Crippen molar-refractivity contribution in [2.24, 2.45) is 0 Å². The fourth-order valence-electron chi connectivity index (χ4n) is 0.320. The first-order valence-corrected chi connectivity index (χ1v) is 2.54. The molecule has 5 nitrogen and oxygen atoms in total. The summed E-state index contributed by atoms with van der Waals surface area (Å²) in [5.74, 6) is -2.29. The molecule has 2 N–H and O–H groups in total. The number of aliphatic hydroxyl groups excluding tert-OH is 2. The Labute approximate surface area is 57.2 Å². The Morgan fingerprint density at radius 3 is 2.40 bits per heavy atom. The van der Waals surface area contributed by atoms with Gasteiger partial charge in [0.15, 0.2) is 0 Å². The second kappa shape index (κ2) is 3.97. The van der Waals surface area contributed by atoms with Gasteiger partial charge in [0.05, 0.1) is 13.7 Å². The molecule has 0 amide bonds. The fourth-order valence-corrected chi connectivity index (χ4v) is 0.320. The maximum Gasteiger partial charge on any atom is 0.377 e. The monoisotopic (exact) mass is 148 g/mol. The molecule has 0 aliphatic carbocycles. The quantitative estimate of drug-likeness (QED) is 0.360. The Morgan fingerprint density at radius 1 is 1.60 bits per heavy atom. The second-order valence-corrected chi connectivity index (χ2v) is 1.55. The fraction of sp³-hybridized carbons (Fsp3) is 0.600. The Bertz CT molecular complexity index is 141. The van der Waals surface area contributed by atoms with E-state index in [1.165, 1.54) is 0 Å². The van der Waals surface area contributed by atoms with E-state index in [9.17, 15) is 9.59 Å². The van der Waals surface area contributed by atoms with Crippen LogP contribution in [-0.4, -0.2) is 41.8 Å². The van der Waals surface area contributed by atoms with E-state index in [2.05, 4.69) is 4.74 Å². The summed E-state index contributed by atoms with van der Waals surface area (Å²) in [6.45, 7) is -0.770. The van der Waals surface area contributed by atoms with E-state index in [1.807, 2.05) is 0 Å². The maximum absolute atomic E-state index is 10.4. The van der Waals surface area contributed by atoms with Crippen molar-refractivity contribution in [3.05, 3.63) is 0 Å². The van der Waals surface area contributed by atoms with E-state index in [4.69, 9.17) is 10.2 Å². The standard InChI is InChI=1S/C5H8O5/c1-10-5(9)4(8)3(7)2-6/h3,6-7H,2H2,1H3/t3-/m0/s1. The van der Waals surface area contributed by atoms with Gasteiger partial charge in [-0.25, -0.2) is 4.79 Å². The predicted molar refractivity (Wildman–Crippen MR) is 30.1 cm³/mol. The molecular formula is C5H8O5. The highest BCUT2D eigenvalue weighted by Crippen LogP contribution is 1.86. The topological polar surface area (TPSA) is 83.8 Å². The van der Waals surface area contributed by atoms with E-state index in [0.29, 0.717) is 0 Å². The first-order chi connectivity index (χ1) is 4.63. The summed E-state index contributed by atoms with van der Waals surface area (Å²) in [5, 5.41) is 16.7. The van der Waals surface area contributed by atoms with Crippen molar-refractivity contribution in [1.82, 2.24) is 0 Å². The van der Waals surface area contributed by atoms with Crippen molar-refractivity contribution < 1.29 is 24.5 Å². The number of rotatable bonds is 3. The molecule has 0 unspecified atom stereocenters. The van der Waals surface area contributed by atoms with Crippen LogP contribution in [0.3, 0.4) is 0 Å². The molecule has 1 atom stereocenters. The number of carbonyl (C=O) groups is 2. The van der Waals surface area contributed by atoms with E-state index in [-0.39, 0.29) is 0 Å². The molecule has 0 bridgehead atoms. The van der Waals surface area contributed by atoms with Crippen molar-refractivity contribution >= 4 is 11.8 Å². The number of hydrogen-bond donors (Lipinski definition) is 2. The first kappa shape index (κ1) is 9.06. The number of aliphatic hydroxyl groups is 2. The van der Waals surface area contributed by atoms with Gasteiger partial charge in [0.1, 0.15) is 6.10 Å². The Morgan fingerprint density at radius 2 is 2.10 bits per heavy atom. The van der Waals surface area contributed by atoms with Crippen LogP contribution in [0.15, 0.2) is 0 Å². The molecule has 0 spiro atoms. The zero-order valence-electron chi connectivity index (χ0n) is 5.40. The van der Waals surface area contributed by atoms with Crippen LogP contribution < -0.4 is 0 Å². The van der Waals surface area contributed by atoms with Crippen molar-refractivity contribution in [3.8, 4) is 0 Å². The zero-order chi connectivity index (χ0) is 8.15. The SMILES string of the molecule is COC(=O)C(=O)[C@@H](O)CO. The summed E-state index contributed by atoms with van der Waals surface area (Å²) in [7, 11) is 1.02. The van der Waals surface area contributed by atoms with Crippen molar-refractivity contribution in [1.29, 1.82) is 0 Å². The lowest BCUT2D eigenvalue weighted by Gasteiger charge is -2.01. The van der Waals surface area contributed by atoms with E-state index < -0.39 is 24.5 Å². The van der Waals surface area contributed by atoms with Crippen molar-refractivity contribution in [3.63, 3.8) is 0 Å². The molecule has 0 aliphatic heterocycles. The highest BCUT2D eigenvalue weighted by atomic mass is 16.5. The van der Waals surface area contributed by atoms with E-state index >= 15 is 0 Å². The summed E-state index contributed by atoms with van der Waals surface area (Å²) >= 11 is 0. The normalized spacial score (nSPS) is 12.3. The van der Waals surface area contributed by atoms with E-state index in [0.717, 1.165) is 7.11 Å². The lowest BCUT2D eigenvalue weighted by atomic mass is 10.2. The number of ether oxygens (including phenoxy) is 1. The Balaban J connectivity index is 3.95. The molecule has 58 valence electrons. The number of carbonyl (C=O) groups excluding carboxylic acids is 2. The highest BCUT2D eigenvalue weighted by molar-refractivity contribution is 6.35. The van der Waals surface area contributed by atoms with Crippen LogP contribution in [0.25, 0.3) is 0 Å². The maximum atomic E-state index is 10.4. The number of ketones is 1. The van der Waals surface area contributed by atoms with Gasteiger partial charge in [0.2, 0.25) is 0 Å². The van der Waals surface area contributed by atoms with Gasteiger partial charge in [0.25, 0.3) is 5.78 Å². The molecule has 5 heteroatoms. The molecule has 0 fully saturated rings. The predicted octanol–water partition coefficient (Wildman–Crippen LogP) is -1.92. The number of Topliss-reactive ketones (excluding diaryl/α,β-unsaturated/α-hetero) is 1. The van der Waals surface area contributed by atoms with Crippen LogP contribution in [0.2, 0.25) is 0 Å². The van der Waals surface area contributed by atoms with E-state index in [1.54, 1.807) is 0 Å². The van der Waals surface area contributed by atoms with Crippen LogP contribution >= 0.6 is 0 Å². The van der Waals surface area contributed by atoms with Gasteiger partial charge >= 0.3 is 5.97 Å². The van der Waals surface area contributed by atoms with Gasteiger partial charge in [0, 0.05) is 0 Å². The molecule has 0 radical (unpaired) electrons. The first-order valence-electron chi connectivity index (χ1n) is 2.54. The second-order valence-electron chi connectivity index (χ2n) is 1.55. The van der Waals surface area contributed by atoms with Gasteiger partial charge in [-0.1, -0.05) is 0 Å². The van der Waals surface area contributed by atoms with Gasteiger partial charge in [-0.2, -0.15) is 0 Å². The third-order valence-electron chi connectivity index (χ3n) is 0.862. The van der Waals surface area contributed by atoms with Gasteiger partial charge in [-0.05, 0) is 0 Å². The summed E-state index contributed by atoms with van der Waals surface area (Å²) in [5.41, 5.74) is 0. The van der Waals surface area contributed by atoms with Gasteiger partial charge in [-0.3, -0.25) is 4.79 Å². The third kappa shape index (κ3) is 2.12. The Hall–Kier alpha value is -0.940. The third-order valence-corrected chi connectivity index (χ3v) is 0.862. The molecule has 0 saturated heterocycles. The lowest BCUT2D eigenvalue weighted by molar-refractivity contribution is -0.156. The smallest absolute Gasteiger partial charge is 0.377 e. The summed E-state index contributed by atoms with van der Waals surface area (Å²) in [6, 6.07) is 0. The number of hydrogen-bond acceptors (Lipinski definition) is 5. The summed E-state index contributed by atoms with van der Waals surface area (Å²) < 4.78 is 3.98. The lowest BCUT2D eigenvalue weighted by Crippen LogP contribution is -2.31. The van der Waals surface area contributed by atoms with Crippen molar-refractivity contribution in [2.45, 2.75) is 6.10 Å². The molecule has 0 saturated carbocycles. The molecule has 0 rings (SSSR count). The van der Waals surface area contributed by atoms with Crippen LogP contribution in [-0.2, 0) is 14.3 Å². The summed E-state index contributed by atoms with van der Waals surface area (Å²) in [4.78, 5) is 20.7.